The van der Waals surface area contributed by atoms with Crippen LogP contribution in [0.15, 0.2) is 42.5 Å². The zero-order valence-corrected chi connectivity index (χ0v) is 11.4. The molecule has 0 unspecified atom stereocenters. The van der Waals surface area contributed by atoms with E-state index in [0.717, 1.165) is 11.3 Å². The molecule has 6 nitrogen and oxygen atoms in total. The van der Waals surface area contributed by atoms with E-state index < -0.39 is 5.97 Å². The summed E-state index contributed by atoms with van der Waals surface area (Å²) in [5.74, 6) is 0.158. The third-order valence-electron chi connectivity index (χ3n) is 3.16. The van der Waals surface area contributed by atoms with Crippen molar-refractivity contribution < 1.29 is 14.6 Å². The Kier molecular flexibility index (Phi) is 3.27. The Morgan fingerprint density at radius 3 is 2.76 bits per heavy atom. The zero-order chi connectivity index (χ0) is 14.8. The van der Waals surface area contributed by atoms with Crippen molar-refractivity contribution in [1.82, 2.24) is 14.6 Å². The van der Waals surface area contributed by atoms with Gasteiger partial charge >= 0.3 is 5.97 Å². The van der Waals surface area contributed by atoms with Crippen molar-refractivity contribution in [2.24, 2.45) is 0 Å². The van der Waals surface area contributed by atoms with Gasteiger partial charge in [-0.3, -0.25) is 4.40 Å². The molecule has 106 valence electrons. The first kappa shape index (κ1) is 13.1. The monoisotopic (exact) mass is 283 g/mol. The van der Waals surface area contributed by atoms with Crippen LogP contribution in [0, 0.1) is 6.92 Å². The number of aromatic nitrogens is 3. The summed E-state index contributed by atoms with van der Waals surface area (Å²) in [6.07, 6.45) is 0. The maximum Gasteiger partial charge on any atom is 0.352 e. The Bertz CT molecular complexity index is 811. The molecule has 1 N–H and O–H groups in total. The third-order valence-corrected chi connectivity index (χ3v) is 3.16. The Morgan fingerprint density at radius 2 is 2.00 bits per heavy atom. The Labute approximate surface area is 120 Å². The highest BCUT2D eigenvalue weighted by molar-refractivity contribution is 5.86. The lowest BCUT2D eigenvalue weighted by molar-refractivity contribution is 0.0688. The molecule has 0 aliphatic heterocycles. The molecule has 0 radical (unpaired) electrons. The summed E-state index contributed by atoms with van der Waals surface area (Å²) in [4.78, 5) is 11.3. The number of hydrogen-bond acceptors (Lipinski definition) is 4. The van der Waals surface area contributed by atoms with Crippen molar-refractivity contribution in [3.05, 3.63) is 59.5 Å². The Morgan fingerprint density at radius 1 is 1.19 bits per heavy atom. The summed E-state index contributed by atoms with van der Waals surface area (Å²) in [5.41, 5.74) is 1.60. The normalized spacial score (nSPS) is 10.7. The first-order chi connectivity index (χ1) is 10.2. The van der Waals surface area contributed by atoms with Crippen LogP contribution in [0.2, 0.25) is 0 Å². The van der Waals surface area contributed by atoms with E-state index in [2.05, 4.69) is 10.2 Å². The highest BCUT2D eigenvalue weighted by Gasteiger charge is 2.14. The van der Waals surface area contributed by atoms with Crippen molar-refractivity contribution in [2.75, 3.05) is 0 Å². The summed E-state index contributed by atoms with van der Waals surface area (Å²) in [7, 11) is 0. The molecule has 1 aromatic carbocycles. The standard InChI is InChI=1S/C15H13N3O3/c1-10-5-2-3-7-12(10)21-9-14-17-16-13-8-4-6-11(15(19)20)18(13)14/h2-8H,9H2,1H3,(H,19,20). The van der Waals surface area contributed by atoms with Crippen molar-refractivity contribution >= 4 is 11.6 Å². The minimum Gasteiger partial charge on any atom is -0.485 e. The van der Waals surface area contributed by atoms with Gasteiger partial charge in [0.05, 0.1) is 0 Å². The number of ether oxygens (including phenoxy) is 1. The SMILES string of the molecule is Cc1ccccc1OCc1nnc2cccc(C(=O)O)n12. The maximum atomic E-state index is 11.3. The lowest BCUT2D eigenvalue weighted by Gasteiger charge is -2.08. The molecule has 0 amide bonds. The van der Waals surface area contributed by atoms with E-state index >= 15 is 0 Å². The molecule has 0 atom stereocenters. The number of para-hydroxylation sites is 1. The van der Waals surface area contributed by atoms with Gasteiger partial charge in [0.25, 0.3) is 0 Å². The van der Waals surface area contributed by atoms with E-state index in [1.165, 1.54) is 10.5 Å². The van der Waals surface area contributed by atoms with Crippen LogP contribution in [0.25, 0.3) is 5.65 Å². The number of aryl methyl sites for hydroxylation is 1. The first-order valence-corrected chi connectivity index (χ1v) is 6.41. The van der Waals surface area contributed by atoms with Crippen LogP contribution in [0.4, 0.5) is 0 Å². The largest absolute Gasteiger partial charge is 0.485 e. The predicted octanol–water partition coefficient (Wildman–Crippen LogP) is 2.31. The zero-order valence-electron chi connectivity index (χ0n) is 11.4. The fourth-order valence-corrected chi connectivity index (χ4v) is 2.12. The lowest BCUT2D eigenvalue weighted by atomic mass is 10.2. The van der Waals surface area contributed by atoms with E-state index in [4.69, 9.17) is 4.74 Å². The molecule has 3 rings (SSSR count). The average molecular weight is 283 g/mol. The van der Waals surface area contributed by atoms with Gasteiger partial charge in [-0.05, 0) is 30.7 Å². The molecule has 0 aliphatic carbocycles. The summed E-state index contributed by atoms with van der Waals surface area (Å²) in [5, 5.41) is 17.2. The van der Waals surface area contributed by atoms with Gasteiger partial charge in [-0.15, -0.1) is 10.2 Å². The van der Waals surface area contributed by atoms with Gasteiger partial charge in [0.1, 0.15) is 18.1 Å². The maximum absolute atomic E-state index is 11.3. The third kappa shape index (κ3) is 2.43. The van der Waals surface area contributed by atoms with Crippen molar-refractivity contribution in [3.8, 4) is 5.75 Å². The molecule has 0 aliphatic rings. The van der Waals surface area contributed by atoms with E-state index in [-0.39, 0.29) is 12.3 Å². The quantitative estimate of drug-likeness (QED) is 0.795. The number of fused-ring (bicyclic) bond motifs is 1. The van der Waals surface area contributed by atoms with Gasteiger partial charge < -0.3 is 9.84 Å². The van der Waals surface area contributed by atoms with Crippen LogP contribution in [0.1, 0.15) is 21.9 Å². The minimum atomic E-state index is -1.03. The fraction of sp³-hybridized carbons (Fsp3) is 0.133. The number of aromatic carboxylic acids is 1. The average Bonchev–Trinajstić information content (AvgIpc) is 2.89. The Balaban J connectivity index is 1.95. The fourth-order valence-electron chi connectivity index (χ4n) is 2.12. The molecule has 21 heavy (non-hydrogen) atoms. The molecule has 0 saturated heterocycles. The molecular weight excluding hydrogens is 270 g/mol. The highest BCUT2D eigenvalue weighted by Crippen LogP contribution is 2.18. The van der Waals surface area contributed by atoms with Crippen LogP contribution >= 0.6 is 0 Å². The number of carboxylic acid groups (broad SMARTS) is 1. The summed E-state index contributed by atoms with van der Waals surface area (Å²) >= 11 is 0. The van der Waals surface area contributed by atoms with Gasteiger partial charge in [0.15, 0.2) is 11.5 Å². The minimum absolute atomic E-state index is 0.112. The van der Waals surface area contributed by atoms with Gasteiger partial charge in [-0.1, -0.05) is 24.3 Å². The molecular formula is C15H13N3O3. The van der Waals surface area contributed by atoms with Crippen LogP contribution in [0.3, 0.4) is 0 Å². The van der Waals surface area contributed by atoms with Crippen LogP contribution < -0.4 is 4.74 Å². The molecule has 0 bridgehead atoms. The van der Waals surface area contributed by atoms with Crippen LogP contribution in [0.5, 0.6) is 5.75 Å². The molecule has 2 heterocycles. The summed E-state index contributed by atoms with van der Waals surface area (Å²) in [6.45, 7) is 2.09. The van der Waals surface area contributed by atoms with Gasteiger partial charge in [-0.25, -0.2) is 4.79 Å². The van der Waals surface area contributed by atoms with Crippen LogP contribution in [-0.4, -0.2) is 25.7 Å². The first-order valence-electron chi connectivity index (χ1n) is 6.41. The number of rotatable bonds is 4. The number of carbonyl (C=O) groups is 1. The number of hydrogen-bond donors (Lipinski definition) is 1. The molecule has 2 aromatic heterocycles. The van der Waals surface area contributed by atoms with E-state index in [1.54, 1.807) is 12.1 Å². The van der Waals surface area contributed by atoms with Crippen LogP contribution in [-0.2, 0) is 6.61 Å². The summed E-state index contributed by atoms with van der Waals surface area (Å²) in [6, 6.07) is 12.5. The molecule has 0 spiro atoms. The number of nitrogens with zero attached hydrogens (tertiary/aromatic N) is 3. The van der Waals surface area contributed by atoms with E-state index in [9.17, 15) is 9.90 Å². The van der Waals surface area contributed by atoms with Crippen molar-refractivity contribution in [2.45, 2.75) is 13.5 Å². The molecule has 6 heteroatoms. The second kappa shape index (κ2) is 5.24. The van der Waals surface area contributed by atoms with Gasteiger partial charge in [0.2, 0.25) is 0 Å². The molecule has 3 aromatic rings. The molecule has 0 fully saturated rings. The van der Waals surface area contributed by atoms with E-state index in [1.807, 2.05) is 31.2 Å². The second-order valence-corrected chi connectivity index (χ2v) is 4.58. The molecule has 0 saturated carbocycles. The van der Waals surface area contributed by atoms with Gasteiger partial charge in [0, 0.05) is 0 Å². The summed E-state index contributed by atoms with van der Waals surface area (Å²) < 4.78 is 7.19. The number of benzene rings is 1. The second-order valence-electron chi connectivity index (χ2n) is 4.58. The number of carboxylic acids is 1. The van der Waals surface area contributed by atoms with Crippen molar-refractivity contribution in [1.29, 1.82) is 0 Å². The smallest absolute Gasteiger partial charge is 0.352 e. The van der Waals surface area contributed by atoms with Gasteiger partial charge in [-0.2, -0.15) is 0 Å². The number of pyridine rings is 1. The Hall–Kier alpha value is -2.89. The van der Waals surface area contributed by atoms with E-state index in [0.29, 0.717) is 11.5 Å². The highest BCUT2D eigenvalue weighted by atomic mass is 16.5. The topological polar surface area (TPSA) is 76.7 Å². The van der Waals surface area contributed by atoms with Crippen molar-refractivity contribution in [3.63, 3.8) is 0 Å². The lowest BCUT2D eigenvalue weighted by Crippen LogP contribution is -2.09. The predicted molar refractivity (Wildman–Crippen MR) is 75.5 cm³/mol.